The summed E-state index contributed by atoms with van der Waals surface area (Å²) in [4.78, 5) is 10.3. The van der Waals surface area contributed by atoms with Crippen LogP contribution in [0.15, 0.2) is 18.2 Å². The van der Waals surface area contributed by atoms with Crippen molar-refractivity contribution < 1.29 is 55.1 Å². The zero-order valence-corrected chi connectivity index (χ0v) is 8.94. The van der Waals surface area contributed by atoms with Gasteiger partial charge in [-0.2, -0.15) is 0 Å². The molecule has 1 rings (SSSR count). The number of rotatable bonds is 1. The van der Waals surface area contributed by atoms with E-state index in [1.54, 1.807) is 0 Å². The van der Waals surface area contributed by atoms with Gasteiger partial charge in [-0.3, -0.25) is 0 Å². The van der Waals surface area contributed by atoms with Crippen LogP contribution in [0.3, 0.4) is 0 Å². The molecule has 5 nitrogen and oxygen atoms in total. The van der Waals surface area contributed by atoms with Crippen LogP contribution in [0.25, 0.3) is 0 Å². The van der Waals surface area contributed by atoms with Gasteiger partial charge in [0.25, 0.3) is 0 Å². The maximum absolute atomic E-state index is 10.6. The molecule has 1 aromatic carbocycles. The zero-order valence-electron chi connectivity index (χ0n) is 6.94. The molecular weight excluding hydrogens is 187 g/mol. The fourth-order valence-electron chi connectivity index (χ4n) is 0.686. The van der Waals surface area contributed by atoms with E-state index in [-0.39, 0.29) is 40.6 Å². The minimum Gasteiger partial charge on any atom is -0.872 e. The Kier molecular flexibility index (Phi) is 6.61. The van der Waals surface area contributed by atoms with E-state index in [0.717, 1.165) is 18.2 Å². The van der Waals surface area contributed by atoms with E-state index in [1.807, 2.05) is 0 Å². The van der Waals surface area contributed by atoms with E-state index in [4.69, 9.17) is 10.2 Å². The summed E-state index contributed by atoms with van der Waals surface area (Å²) in [6, 6.07) is 3.03. The molecule has 0 aliphatic heterocycles. The van der Waals surface area contributed by atoms with Crippen LogP contribution in [0.2, 0.25) is 0 Å². The molecule has 0 unspecified atom stereocenters. The van der Waals surface area contributed by atoms with E-state index in [2.05, 4.69) is 0 Å². The van der Waals surface area contributed by atoms with Crippen LogP contribution in [0.5, 0.6) is 11.5 Å². The van der Waals surface area contributed by atoms with Crippen molar-refractivity contribution in [3.05, 3.63) is 23.8 Å². The number of phenols is 1. The summed E-state index contributed by atoms with van der Waals surface area (Å²) in [6.45, 7) is 0. The Hall–Kier alpha value is -0.750. The standard InChI is InChI=1S/C7H6O4.Na.H2O/c8-4-1-2-6(9)5(3-4)7(10)11;;/h1-3,8-9H,(H,10,11);;1H2/q;+1;/p-1. The number of hydrogen-bond acceptors (Lipinski definition) is 3. The Morgan fingerprint density at radius 2 is 1.92 bits per heavy atom. The molecule has 0 fully saturated rings. The van der Waals surface area contributed by atoms with Crippen LogP contribution >= 0.6 is 0 Å². The minimum atomic E-state index is -1.31. The number of carbonyl (C=O) groups is 1. The van der Waals surface area contributed by atoms with Crippen LogP contribution in [0.4, 0.5) is 0 Å². The summed E-state index contributed by atoms with van der Waals surface area (Å²) in [7, 11) is 0. The maximum Gasteiger partial charge on any atom is 1.00 e. The summed E-state index contributed by atoms with van der Waals surface area (Å²) >= 11 is 0. The number of aromatic carboxylic acids is 1. The largest absolute Gasteiger partial charge is 1.00 e. The molecule has 1 aromatic rings. The van der Waals surface area contributed by atoms with Gasteiger partial charge in [0.15, 0.2) is 0 Å². The molecule has 0 aliphatic carbocycles. The predicted octanol–water partition coefficient (Wildman–Crippen LogP) is -3.66. The first-order chi connectivity index (χ1) is 5.11. The molecule has 0 aliphatic rings. The SMILES string of the molecule is O.O=C(O)c1cc([O-])ccc1O.[Na+]. The second-order valence-electron chi connectivity index (χ2n) is 1.98. The van der Waals surface area contributed by atoms with E-state index < -0.39 is 17.5 Å². The van der Waals surface area contributed by atoms with Gasteiger partial charge in [-0.1, -0.05) is 12.1 Å². The monoisotopic (exact) mass is 194 g/mol. The van der Waals surface area contributed by atoms with Crippen molar-refractivity contribution in [3.8, 4) is 11.5 Å². The van der Waals surface area contributed by atoms with Crippen molar-refractivity contribution in [1.82, 2.24) is 0 Å². The number of aromatic hydroxyl groups is 1. The Bertz CT molecular complexity index is 299. The normalized spacial score (nSPS) is 8.00. The Balaban J connectivity index is 0. The molecule has 0 bridgehead atoms. The molecule has 0 saturated heterocycles. The third-order valence-electron chi connectivity index (χ3n) is 1.20. The fourth-order valence-corrected chi connectivity index (χ4v) is 0.686. The van der Waals surface area contributed by atoms with Gasteiger partial charge in [0, 0.05) is 0 Å². The van der Waals surface area contributed by atoms with E-state index in [9.17, 15) is 9.90 Å². The van der Waals surface area contributed by atoms with Gasteiger partial charge >= 0.3 is 35.5 Å². The minimum absolute atomic E-state index is 0. The molecule has 0 aromatic heterocycles. The van der Waals surface area contributed by atoms with Gasteiger partial charge < -0.3 is 20.8 Å². The fraction of sp³-hybridized carbons (Fsp3) is 0. The van der Waals surface area contributed by atoms with Crippen molar-refractivity contribution in [1.29, 1.82) is 0 Å². The van der Waals surface area contributed by atoms with E-state index >= 15 is 0 Å². The molecule has 6 heteroatoms. The third-order valence-corrected chi connectivity index (χ3v) is 1.20. The van der Waals surface area contributed by atoms with E-state index in [1.165, 1.54) is 0 Å². The molecule has 0 amide bonds. The Morgan fingerprint density at radius 3 is 2.31 bits per heavy atom. The van der Waals surface area contributed by atoms with Crippen LogP contribution in [0, 0.1) is 0 Å². The Morgan fingerprint density at radius 1 is 1.38 bits per heavy atom. The third kappa shape index (κ3) is 3.65. The maximum atomic E-state index is 10.6. The Labute approximate surface area is 96.2 Å². The van der Waals surface area contributed by atoms with Gasteiger partial charge in [0.1, 0.15) is 11.3 Å². The smallest absolute Gasteiger partial charge is 0.872 e. The quantitative estimate of drug-likeness (QED) is 0.448. The van der Waals surface area contributed by atoms with Crippen molar-refractivity contribution in [3.63, 3.8) is 0 Å². The predicted molar refractivity (Wildman–Crippen MR) is 38.1 cm³/mol. The summed E-state index contributed by atoms with van der Waals surface area (Å²) in [5, 5.41) is 27.8. The molecule has 0 radical (unpaired) electrons. The van der Waals surface area contributed by atoms with Crippen molar-refractivity contribution >= 4 is 5.97 Å². The number of hydrogen-bond donors (Lipinski definition) is 2. The molecule has 0 saturated carbocycles. The summed E-state index contributed by atoms with van der Waals surface area (Å²) < 4.78 is 0. The second-order valence-corrected chi connectivity index (χ2v) is 1.98. The summed E-state index contributed by atoms with van der Waals surface area (Å²) in [6.07, 6.45) is 0. The first-order valence-corrected chi connectivity index (χ1v) is 2.84. The molecular formula is C7H7NaO5. The van der Waals surface area contributed by atoms with Crippen molar-refractivity contribution in [2.24, 2.45) is 0 Å². The van der Waals surface area contributed by atoms with Crippen LogP contribution < -0.4 is 34.7 Å². The molecule has 0 spiro atoms. The summed E-state index contributed by atoms with van der Waals surface area (Å²) in [5.74, 6) is -2.13. The topological polar surface area (TPSA) is 112 Å². The number of benzene rings is 1. The second kappa shape index (κ2) is 5.82. The van der Waals surface area contributed by atoms with Gasteiger partial charge in [-0.25, -0.2) is 4.79 Å². The molecule has 66 valence electrons. The van der Waals surface area contributed by atoms with Gasteiger partial charge in [-0.15, -0.1) is 5.75 Å². The number of carboxylic acids is 1. The van der Waals surface area contributed by atoms with Gasteiger partial charge in [0.05, 0.1) is 0 Å². The zero-order chi connectivity index (χ0) is 8.43. The van der Waals surface area contributed by atoms with Crippen LogP contribution in [0.1, 0.15) is 10.4 Å². The first-order valence-electron chi connectivity index (χ1n) is 2.84. The molecule has 13 heavy (non-hydrogen) atoms. The van der Waals surface area contributed by atoms with Crippen LogP contribution in [-0.2, 0) is 0 Å². The first kappa shape index (κ1) is 14.8. The van der Waals surface area contributed by atoms with Gasteiger partial charge in [0.2, 0.25) is 0 Å². The average molecular weight is 194 g/mol. The molecule has 0 atom stereocenters. The number of carboxylic acid groups (broad SMARTS) is 1. The van der Waals surface area contributed by atoms with Crippen molar-refractivity contribution in [2.45, 2.75) is 0 Å². The molecule has 4 N–H and O–H groups in total. The summed E-state index contributed by atoms with van der Waals surface area (Å²) in [5.41, 5.74) is -0.363. The van der Waals surface area contributed by atoms with Crippen molar-refractivity contribution in [2.75, 3.05) is 0 Å². The van der Waals surface area contributed by atoms with Gasteiger partial charge in [-0.05, 0) is 6.07 Å². The van der Waals surface area contributed by atoms with E-state index in [0.29, 0.717) is 0 Å². The van der Waals surface area contributed by atoms with Crippen LogP contribution in [-0.4, -0.2) is 21.7 Å². The average Bonchev–Trinajstić information content (AvgIpc) is 1.94. The molecule has 0 heterocycles.